The van der Waals surface area contributed by atoms with Gasteiger partial charge in [-0.25, -0.2) is 13.5 Å². The molecule has 0 spiro atoms. The molecule has 11 heteroatoms. The van der Waals surface area contributed by atoms with E-state index < -0.39 is 52.3 Å². The average molecular weight is 529 g/mol. The van der Waals surface area contributed by atoms with Crippen LogP contribution in [0, 0.1) is 0 Å². The van der Waals surface area contributed by atoms with Gasteiger partial charge in [0.2, 0.25) is 10.0 Å². The van der Waals surface area contributed by atoms with E-state index in [0.717, 1.165) is 16.9 Å². The highest BCUT2D eigenvalue weighted by molar-refractivity contribution is 7.89. The molecule has 2 unspecified atom stereocenters. The number of hydrogen-bond acceptors (Lipinski definition) is 7. The van der Waals surface area contributed by atoms with Gasteiger partial charge in [-0.2, -0.15) is 4.31 Å². The molecule has 0 saturated carbocycles. The summed E-state index contributed by atoms with van der Waals surface area (Å²) < 4.78 is 26.8. The lowest BCUT2D eigenvalue weighted by atomic mass is 10.00. The number of carbonyl (C=O) groups is 2. The first-order chi connectivity index (χ1) is 17.5. The highest BCUT2D eigenvalue weighted by Crippen LogP contribution is 2.18. The molecule has 0 aliphatic heterocycles. The Hall–Kier alpha value is -3.38. The standard InChI is InChI=1S/C26H32N4O6S/c1-18(2)37(35,36)30(17-25(32)29(3)34)16-24(31)23(15-19-9-5-4-6-10-19)28-26(33)21-13-14-27-22-12-8-7-11-20(21)22/h4-14,18,23-24,31,34H,15-17H2,1-3H3,(H,28,33). The molecule has 2 atom stereocenters. The number of amides is 2. The molecule has 0 saturated heterocycles. The van der Waals surface area contributed by atoms with Gasteiger partial charge in [-0.1, -0.05) is 48.5 Å². The van der Waals surface area contributed by atoms with Crippen LogP contribution in [0.15, 0.2) is 66.9 Å². The van der Waals surface area contributed by atoms with Crippen LogP contribution in [0.1, 0.15) is 29.8 Å². The molecule has 10 nitrogen and oxygen atoms in total. The third-order valence-corrected chi connectivity index (χ3v) is 8.18. The first-order valence-electron chi connectivity index (χ1n) is 11.8. The largest absolute Gasteiger partial charge is 0.390 e. The van der Waals surface area contributed by atoms with Crippen molar-refractivity contribution in [3.05, 3.63) is 78.0 Å². The fourth-order valence-corrected chi connectivity index (χ4v) is 5.08. The fraction of sp³-hybridized carbons (Fsp3) is 0.346. The minimum absolute atomic E-state index is 0.209. The predicted molar refractivity (Wildman–Crippen MR) is 139 cm³/mol. The number of likely N-dealkylation sites (N-methyl/N-ethyl adjacent to an activating group) is 1. The van der Waals surface area contributed by atoms with Gasteiger partial charge in [0.05, 0.1) is 35.0 Å². The Labute approximate surface area is 216 Å². The average Bonchev–Trinajstić information content (AvgIpc) is 2.87. The summed E-state index contributed by atoms with van der Waals surface area (Å²) in [6.07, 6.45) is 0.358. The zero-order chi connectivity index (χ0) is 27.2. The van der Waals surface area contributed by atoms with Crippen LogP contribution in [0.3, 0.4) is 0 Å². The van der Waals surface area contributed by atoms with E-state index in [-0.39, 0.29) is 6.42 Å². The minimum atomic E-state index is -3.98. The summed E-state index contributed by atoms with van der Waals surface area (Å²) in [5.74, 6) is -1.31. The third kappa shape index (κ3) is 7.10. The van der Waals surface area contributed by atoms with E-state index in [4.69, 9.17) is 0 Å². The summed E-state index contributed by atoms with van der Waals surface area (Å²) in [6.45, 7) is 1.79. The summed E-state index contributed by atoms with van der Waals surface area (Å²) in [4.78, 5) is 29.8. The van der Waals surface area contributed by atoms with E-state index in [0.29, 0.717) is 21.5 Å². The van der Waals surface area contributed by atoms with Crippen LogP contribution in [0.25, 0.3) is 10.9 Å². The van der Waals surface area contributed by atoms with E-state index in [1.165, 1.54) is 20.0 Å². The highest BCUT2D eigenvalue weighted by atomic mass is 32.2. The molecule has 2 amide bonds. The lowest BCUT2D eigenvalue weighted by Crippen LogP contribution is -2.53. The van der Waals surface area contributed by atoms with Crippen molar-refractivity contribution in [3.63, 3.8) is 0 Å². The molecule has 1 heterocycles. The summed E-state index contributed by atoms with van der Waals surface area (Å²) in [6, 6.07) is 17.0. The number of fused-ring (bicyclic) bond motifs is 1. The number of sulfonamides is 1. The number of aromatic nitrogens is 1. The number of hydrogen-bond donors (Lipinski definition) is 3. The van der Waals surface area contributed by atoms with Gasteiger partial charge in [0.1, 0.15) is 0 Å². The number of hydroxylamine groups is 2. The SMILES string of the molecule is CC(C)S(=O)(=O)N(CC(=O)N(C)O)CC(O)C(Cc1ccccc1)NC(=O)c1ccnc2ccccc12. The van der Waals surface area contributed by atoms with Crippen molar-refractivity contribution < 1.29 is 28.3 Å². The molecule has 0 bridgehead atoms. The van der Waals surface area contributed by atoms with Crippen molar-refractivity contribution in [1.82, 2.24) is 19.7 Å². The molecule has 198 valence electrons. The smallest absolute Gasteiger partial charge is 0.260 e. The molecule has 0 aliphatic carbocycles. The molecule has 0 radical (unpaired) electrons. The van der Waals surface area contributed by atoms with E-state index in [9.17, 15) is 28.3 Å². The second kappa shape index (κ2) is 12.2. The maximum atomic E-state index is 13.3. The van der Waals surface area contributed by atoms with Gasteiger partial charge in [-0.3, -0.25) is 19.8 Å². The molecule has 37 heavy (non-hydrogen) atoms. The zero-order valence-corrected chi connectivity index (χ0v) is 21.8. The van der Waals surface area contributed by atoms with Crippen molar-refractivity contribution >= 4 is 32.7 Å². The normalized spacial score (nSPS) is 13.5. The minimum Gasteiger partial charge on any atom is -0.390 e. The number of pyridine rings is 1. The van der Waals surface area contributed by atoms with E-state index in [1.807, 2.05) is 36.4 Å². The van der Waals surface area contributed by atoms with Gasteiger partial charge in [-0.15, -0.1) is 0 Å². The molecule has 1 aromatic heterocycles. The van der Waals surface area contributed by atoms with Gasteiger partial charge in [0.15, 0.2) is 0 Å². The van der Waals surface area contributed by atoms with Crippen LogP contribution < -0.4 is 5.32 Å². The van der Waals surface area contributed by atoms with E-state index >= 15 is 0 Å². The molecule has 3 N–H and O–H groups in total. The monoisotopic (exact) mass is 528 g/mol. The predicted octanol–water partition coefficient (Wildman–Crippen LogP) is 1.82. The molecule has 0 aliphatic rings. The topological polar surface area (TPSA) is 140 Å². The Morgan fingerprint density at radius 3 is 2.32 bits per heavy atom. The summed E-state index contributed by atoms with van der Waals surface area (Å²) >= 11 is 0. The molecule has 0 fully saturated rings. The summed E-state index contributed by atoms with van der Waals surface area (Å²) in [5.41, 5.74) is 1.81. The Balaban J connectivity index is 1.92. The Morgan fingerprint density at radius 1 is 1.03 bits per heavy atom. The highest BCUT2D eigenvalue weighted by Gasteiger charge is 2.33. The molecular formula is C26H32N4O6S. The molecule has 2 aromatic carbocycles. The number of nitrogens with zero attached hydrogens (tertiary/aromatic N) is 3. The first kappa shape index (κ1) is 28.2. The number of nitrogens with one attached hydrogen (secondary N) is 1. The lowest BCUT2D eigenvalue weighted by molar-refractivity contribution is -0.159. The van der Waals surface area contributed by atoms with Gasteiger partial charge < -0.3 is 10.4 Å². The maximum absolute atomic E-state index is 13.3. The quantitative estimate of drug-likeness (QED) is 0.255. The number of carbonyl (C=O) groups excluding carboxylic acids is 2. The first-order valence-corrected chi connectivity index (χ1v) is 13.3. The van der Waals surface area contributed by atoms with Gasteiger partial charge in [0, 0.05) is 25.2 Å². The van der Waals surface area contributed by atoms with Gasteiger partial charge >= 0.3 is 0 Å². The van der Waals surface area contributed by atoms with Crippen LogP contribution in [0.4, 0.5) is 0 Å². The number of benzene rings is 2. The molecule has 3 rings (SSSR count). The number of rotatable bonds is 11. The van der Waals surface area contributed by atoms with Crippen LogP contribution in [0.5, 0.6) is 0 Å². The van der Waals surface area contributed by atoms with Crippen LogP contribution in [-0.2, 0) is 21.2 Å². The van der Waals surface area contributed by atoms with Crippen molar-refractivity contribution in [2.75, 3.05) is 20.1 Å². The molecular weight excluding hydrogens is 496 g/mol. The van der Waals surface area contributed by atoms with Crippen LogP contribution >= 0.6 is 0 Å². The van der Waals surface area contributed by atoms with Gasteiger partial charge in [-0.05, 0) is 38.0 Å². The van der Waals surface area contributed by atoms with Gasteiger partial charge in [0.25, 0.3) is 11.8 Å². The maximum Gasteiger partial charge on any atom is 0.260 e. The van der Waals surface area contributed by atoms with Crippen molar-refractivity contribution in [2.45, 2.75) is 37.7 Å². The second-order valence-electron chi connectivity index (χ2n) is 9.02. The summed E-state index contributed by atoms with van der Waals surface area (Å²) in [5, 5.41) is 23.6. The lowest BCUT2D eigenvalue weighted by Gasteiger charge is -2.31. The Bertz CT molecular complexity index is 1330. The number of aliphatic hydroxyl groups is 1. The van der Waals surface area contributed by atoms with E-state index in [2.05, 4.69) is 10.3 Å². The molecule has 3 aromatic rings. The number of para-hydroxylation sites is 1. The fourth-order valence-electron chi connectivity index (χ4n) is 3.84. The Morgan fingerprint density at radius 2 is 1.68 bits per heavy atom. The van der Waals surface area contributed by atoms with Crippen molar-refractivity contribution in [1.29, 1.82) is 0 Å². The van der Waals surface area contributed by atoms with E-state index in [1.54, 1.807) is 24.3 Å². The number of aliphatic hydroxyl groups excluding tert-OH is 1. The Kier molecular flexibility index (Phi) is 9.33. The third-order valence-electron chi connectivity index (χ3n) is 5.99. The van der Waals surface area contributed by atoms with Crippen LogP contribution in [-0.4, -0.2) is 82.4 Å². The van der Waals surface area contributed by atoms with Crippen molar-refractivity contribution in [2.24, 2.45) is 0 Å². The second-order valence-corrected chi connectivity index (χ2v) is 11.5. The summed E-state index contributed by atoms with van der Waals surface area (Å²) in [7, 11) is -2.89. The van der Waals surface area contributed by atoms with Crippen molar-refractivity contribution in [3.8, 4) is 0 Å². The van der Waals surface area contributed by atoms with Crippen LogP contribution in [0.2, 0.25) is 0 Å². The zero-order valence-electron chi connectivity index (χ0n) is 21.0.